The summed E-state index contributed by atoms with van der Waals surface area (Å²) >= 11 is 0.732. The average Bonchev–Trinajstić information content (AvgIpc) is 3.00. The summed E-state index contributed by atoms with van der Waals surface area (Å²) in [6, 6.07) is 2.67. The highest BCUT2D eigenvalue weighted by molar-refractivity contribution is 7.17. The molecule has 0 spiro atoms. The molecule has 1 N–H and O–H groups in total. The number of carbonyl (C=O) groups excluding carboxylic acids is 2. The highest BCUT2D eigenvalue weighted by Gasteiger charge is 2.28. The van der Waals surface area contributed by atoms with Crippen molar-refractivity contribution in [3.05, 3.63) is 27.1 Å². The Morgan fingerprint density at radius 2 is 2.13 bits per heavy atom. The van der Waals surface area contributed by atoms with Gasteiger partial charge in [-0.3, -0.25) is 14.9 Å². The van der Waals surface area contributed by atoms with Gasteiger partial charge in [-0.25, -0.2) is 4.79 Å². The van der Waals surface area contributed by atoms with E-state index in [0.717, 1.165) is 24.2 Å². The Hall–Kier alpha value is -1.96. The van der Waals surface area contributed by atoms with Gasteiger partial charge < -0.3 is 10.1 Å². The number of rotatable bonds is 5. The van der Waals surface area contributed by atoms with E-state index >= 15 is 0 Å². The van der Waals surface area contributed by atoms with Crippen LogP contribution in [0.15, 0.2) is 12.1 Å². The maximum absolute atomic E-state index is 11.9. The third kappa shape index (κ3) is 4.51. The number of ether oxygens (including phenoxy) is 1. The lowest BCUT2D eigenvalue weighted by Gasteiger charge is -2.34. The van der Waals surface area contributed by atoms with Gasteiger partial charge in [0.2, 0.25) is 0 Å². The maximum atomic E-state index is 11.9. The van der Waals surface area contributed by atoms with Crippen molar-refractivity contribution in [1.29, 1.82) is 0 Å². The molecule has 1 aliphatic rings. The molecule has 1 amide bonds. The van der Waals surface area contributed by atoms with E-state index in [1.807, 2.05) is 0 Å². The lowest BCUT2D eigenvalue weighted by Crippen LogP contribution is -2.45. The molecule has 23 heavy (non-hydrogen) atoms. The lowest BCUT2D eigenvalue weighted by molar-refractivity contribution is -0.380. The van der Waals surface area contributed by atoms with Crippen LogP contribution in [-0.4, -0.2) is 29.4 Å². The van der Waals surface area contributed by atoms with Crippen LogP contribution < -0.4 is 5.32 Å². The number of hydrogen-bond acceptors (Lipinski definition) is 6. The monoisotopic (exact) mass is 340 g/mol. The molecule has 0 bridgehead atoms. The molecule has 2 rings (SSSR count). The van der Waals surface area contributed by atoms with Gasteiger partial charge in [-0.2, -0.15) is 0 Å². The first-order chi connectivity index (χ1) is 10.9. The Bertz CT molecular complexity index is 600. The van der Waals surface area contributed by atoms with E-state index < -0.39 is 10.9 Å². The van der Waals surface area contributed by atoms with Crippen LogP contribution in [-0.2, 0) is 9.53 Å². The van der Waals surface area contributed by atoms with Crippen LogP contribution in [0.4, 0.5) is 5.00 Å². The minimum Gasteiger partial charge on any atom is -0.451 e. The predicted molar refractivity (Wildman–Crippen MR) is 85.4 cm³/mol. The smallest absolute Gasteiger partial charge is 0.349 e. The fraction of sp³-hybridized carbons (Fsp3) is 0.600. The molecule has 1 aliphatic carbocycles. The molecular weight excluding hydrogens is 320 g/mol. The number of carbonyl (C=O) groups is 2. The Balaban J connectivity index is 1.81. The van der Waals surface area contributed by atoms with Gasteiger partial charge in [0.1, 0.15) is 4.88 Å². The van der Waals surface area contributed by atoms with Gasteiger partial charge in [-0.1, -0.05) is 38.0 Å². The molecule has 1 fully saturated rings. The lowest BCUT2D eigenvalue weighted by atomic mass is 9.78. The molecule has 1 heterocycles. The van der Waals surface area contributed by atoms with E-state index in [2.05, 4.69) is 19.2 Å². The second-order valence-electron chi connectivity index (χ2n) is 5.91. The van der Waals surface area contributed by atoms with Crippen LogP contribution in [0.5, 0.6) is 0 Å². The Morgan fingerprint density at radius 1 is 1.39 bits per heavy atom. The third-order valence-electron chi connectivity index (χ3n) is 4.36. The SMILES string of the molecule is C[C@@H]1[C@@H](C)CCC[C@H]1NC(=O)COC(=O)c1ccc([N+](=O)[O-])s1. The van der Waals surface area contributed by atoms with Gasteiger partial charge >= 0.3 is 11.0 Å². The van der Waals surface area contributed by atoms with E-state index in [1.54, 1.807) is 0 Å². The third-order valence-corrected chi connectivity index (χ3v) is 5.38. The normalized spacial score (nSPS) is 24.0. The van der Waals surface area contributed by atoms with Gasteiger partial charge in [-0.05, 0) is 24.3 Å². The maximum Gasteiger partial charge on any atom is 0.349 e. The molecule has 0 aliphatic heterocycles. The molecule has 0 aromatic carbocycles. The zero-order chi connectivity index (χ0) is 17.0. The molecule has 8 heteroatoms. The predicted octanol–water partition coefficient (Wildman–Crippen LogP) is 2.75. The standard InChI is InChI=1S/C15H20N2O5S/c1-9-4-3-5-11(10(9)2)16-13(18)8-22-15(19)12-6-7-14(23-12)17(20)21/h6-7,9-11H,3-5,8H2,1-2H3,(H,16,18)/t9-,10+,11+/m0/s1. The minimum atomic E-state index is -0.719. The molecule has 7 nitrogen and oxygen atoms in total. The van der Waals surface area contributed by atoms with Crippen LogP contribution in [0.3, 0.4) is 0 Å². The van der Waals surface area contributed by atoms with Gasteiger partial charge in [0.25, 0.3) is 5.91 Å². The van der Waals surface area contributed by atoms with E-state index in [9.17, 15) is 19.7 Å². The van der Waals surface area contributed by atoms with E-state index in [1.165, 1.54) is 18.6 Å². The average molecular weight is 340 g/mol. The summed E-state index contributed by atoms with van der Waals surface area (Å²) in [7, 11) is 0. The van der Waals surface area contributed by atoms with Crippen LogP contribution in [0.1, 0.15) is 42.8 Å². The van der Waals surface area contributed by atoms with Crippen LogP contribution in [0, 0.1) is 22.0 Å². The highest BCUT2D eigenvalue weighted by Crippen LogP contribution is 2.29. The summed E-state index contributed by atoms with van der Waals surface area (Å²) in [4.78, 5) is 33.8. The second kappa shape index (κ2) is 7.54. The van der Waals surface area contributed by atoms with Crippen LogP contribution in [0.25, 0.3) is 0 Å². The quantitative estimate of drug-likeness (QED) is 0.505. The molecule has 1 saturated carbocycles. The molecule has 0 radical (unpaired) electrons. The minimum absolute atomic E-state index is 0.104. The fourth-order valence-corrected chi connectivity index (χ4v) is 3.49. The van der Waals surface area contributed by atoms with Crippen LogP contribution >= 0.6 is 11.3 Å². The first-order valence-electron chi connectivity index (χ1n) is 7.59. The van der Waals surface area contributed by atoms with Crippen molar-refractivity contribution < 1.29 is 19.2 Å². The Morgan fingerprint density at radius 3 is 2.78 bits per heavy atom. The highest BCUT2D eigenvalue weighted by atomic mass is 32.1. The van der Waals surface area contributed by atoms with E-state index in [-0.39, 0.29) is 28.4 Å². The number of esters is 1. The van der Waals surface area contributed by atoms with E-state index in [4.69, 9.17) is 4.74 Å². The van der Waals surface area contributed by atoms with Gasteiger partial charge in [0.15, 0.2) is 6.61 Å². The molecule has 126 valence electrons. The van der Waals surface area contributed by atoms with Crippen molar-refractivity contribution in [3.63, 3.8) is 0 Å². The van der Waals surface area contributed by atoms with Gasteiger partial charge in [-0.15, -0.1) is 0 Å². The zero-order valence-electron chi connectivity index (χ0n) is 13.1. The van der Waals surface area contributed by atoms with E-state index in [0.29, 0.717) is 11.8 Å². The van der Waals surface area contributed by atoms with Crippen molar-refractivity contribution in [2.45, 2.75) is 39.2 Å². The zero-order valence-corrected chi connectivity index (χ0v) is 13.9. The van der Waals surface area contributed by atoms with Crippen molar-refractivity contribution in [2.24, 2.45) is 11.8 Å². The summed E-state index contributed by atoms with van der Waals surface area (Å²) in [5, 5.41) is 13.4. The number of nitrogens with one attached hydrogen (secondary N) is 1. The van der Waals surface area contributed by atoms with Gasteiger partial charge in [0, 0.05) is 12.1 Å². The first kappa shape index (κ1) is 17.4. The fourth-order valence-electron chi connectivity index (χ4n) is 2.77. The summed E-state index contributed by atoms with van der Waals surface area (Å²) in [6.45, 7) is 3.92. The van der Waals surface area contributed by atoms with Crippen molar-refractivity contribution in [2.75, 3.05) is 6.61 Å². The second-order valence-corrected chi connectivity index (χ2v) is 6.97. The molecular formula is C15H20N2O5S. The Labute approximate surface area is 138 Å². The number of hydrogen-bond donors (Lipinski definition) is 1. The van der Waals surface area contributed by atoms with Crippen molar-refractivity contribution >= 4 is 28.2 Å². The topological polar surface area (TPSA) is 98.5 Å². The number of amides is 1. The molecule has 0 unspecified atom stereocenters. The molecule has 1 aromatic rings. The summed E-state index contributed by atoms with van der Waals surface area (Å²) in [6.07, 6.45) is 3.18. The molecule has 1 aromatic heterocycles. The van der Waals surface area contributed by atoms with Gasteiger partial charge in [0.05, 0.1) is 4.92 Å². The summed E-state index contributed by atoms with van der Waals surface area (Å²) < 4.78 is 4.92. The number of thiophene rings is 1. The first-order valence-corrected chi connectivity index (χ1v) is 8.41. The number of nitro groups is 1. The van der Waals surface area contributed by atoms with Crippen LogP contribution in [0.2, 0.25) is 0 Å². The summed E-state index contributed by atoms with van der Waals surface area (Å²) in [5.41, 5.74) is 0. The Kier molecular flexibility index (Phi) is 5.70. The largest absolute Gasteiger partial charge is 0.451 e. The molecule has 3 atom stereocenters. The van der Waals surface area contributed by atoms with Crippen molar-refractivity contribution in [3.8, 4) is 0 Å². The molecule has 0 saturated heterocycles. The number of nitrogens with zero attached hydrogens (tertiary/aromatic N) is 1. The van der Waals surface area contributed by atoms with Crippen molar-refractivity contribution in [1.82, 2.24) is 5.32 Å². The summed E-state index contributed by atoms with van der Waals surface area (Å²) in [5.74, 6) is -0.106.